The number of aromatic nitrogens is 2. The summed E-state index contributed by atoms with van der Waals surface area (Å²) in [6.45, 7) is 1.78. The second kappa shape index (κ2) is 5.28. The molecule has 0 spiro atoms. The normalized spacial score (nSPS) is 26.7. The maximum absolute atomic E-state index is 9.52. The summed E-state index contributed by atoms with van der Waals surface area (Å²) in [4.78, 5) is 7.21. The summed E-state index contributed by atoms with van der Waals surface area (Å²) in [6.07, 6.45) is 7.85. The summed E-state index contributed by atoms with van der Waals surface area (Å²) in [5, 5.41) is 12.9. The molecule has 1 aliphatic rings. The lowest BCUT2D eigenvalue weighted by Gasteiger charge is -2.25. The molecule has 84 valence electrons. The first-order valence-corrected chi connectivity index (χ1v) is 5.71. The van der Waals surface area contributed by atoms with Crippen LogP contribution in [0.25, 0.3) is 0 Å². The van der Waals surface area contributed by atoms with Gasteiger partial charge in [-0.3, -0.25) is 0 Å². The summed E-state index contributed by atoms with van der Waals surface area (Å²) in [6, 6.07) is 0. The highest BCUT2D eigenvalue weighted by atomic mass is 16.3. The van der Waals surface area contributed by atoms with Crippen molar-refractivity contribution in [3.8, 4) is 0 Å². The van der Waals surface area contributed by atoms with Crippen LogP contribution >= 0.6 is 0 Å². The first kappa shape index (κ1) is 10.6. The van der Waals surface area contributed by atoms with Crippen LogP contribution in [0.3, 0.4) is 0 Å². The standard InChI is InChI=1S/C11H19N3O/c15-10-3-1-2-9(6-10)7-12-8-11-13-4-5-14-11/h4-5,9-10,12,15H,1-3,6-8H2,(H,13,14). The van der Waals surface area contributed by atoms with Gasteiger partial charge in [0.2, 0.25) is 0 Å². The van der Waals surface area contributed by atoms with Crippen LogP contribution in [-0.2, 0) is 6.54 Å². The Kier molecular flexibility index (Phi) is 3.75. The average Bonchev–Trinajstić information content (AvgIpc) is 2.71. The molecule has 4 heteroatoms. The van der Waals surface area contributed by atoms with Gasteiger partial charge in [-0.15, -0.1) is 0 Å². The molecule has 15 heavy (non-hydrogen) atoms. The lowest BCUT2D eigenvalue weighted by molar-refractivity contribution is 0.100. The van der Waals surface area contributed by atoms with Crippen LogP contribution in [0.4, 0.5) is 0 Å². The van der Waals surface area contributed by atoms with Crippen LogP contribution in [0.2, 0.25) is 0 Å². The highest BCUT2D eigenvalue weighted by Gasteiger charge is 2.19. The number of hydrogen-bond donors (Lipinski definition) is 3. The van der Waals surface area contributed by atoms with Crippen LogP contribution in [-0.4, -0.2) is 27.7 Å². The highest BCUT2D eigenvalue weighted by Crippen LogP contribution is 2.23. The smallest absolute Gasteiger partial charge is 0.120 e. The summed E-state index contributed by atoms with van der Waals surface area (Å²) < 4.78 is 0. The van der Waals surface area contributed by atoms with Gasteiger partial charge in [-0.1, -0.05) is 6.42 Å². The second-order valence-corrected chi connectivity index (χ2v) is 4.35. The quantitative estimate of drug-likeness (QED) is 0.694. The molecule has 1 fully saturated rings. The van der Waals surface area contributed by atoms with E-state index in [0.29, 0.717) is 5.92 Å². The number of hydrogen-bond acceptors (Lipinski definition) is 3. The van der Waals surface area contributed by atoms with Gasteiger partial charge in [-0.25, -0.2) is 4.98 Å². The lowest BCUT2D eigenvalue weighted by atomic mass is 9.87. The van der Waals surface area contributed by atoms with Crippen LogP contribution in [0.1, 0.15) is 31.5 Å². The van der Waals surface area contributed by atoms with Crippen LogP contribution in [0, 0.1) is 5.92 Å². The Bertz CT molecular complexity index is 273. The van der Waals surface area contributed by atoms with E-state index in [1.165, 1.54) is 6.42 Å². The van der Waals surface area contributed by atoms with Crippen molar-refractivity contribution < 1.29 is 5.11 Å². The number of rotatable bonds is 4. The third-order valence-electron chi connectivity index (χ3n) is 3.04. The van der Waals surface area contributed by atoms with E-state index in [0.717, 1.165) is 38.2 Å². The largest absolute Gasteiger partial charge is 0.393 e. The van der Waals surface area contributed by atoms with E-state index in [9.17, 15) is 5.11 Å². The van der Waals surface area contributed by atoms with Crippen LogP contribution in [0.15, 0.2) is 12.4 Å². The molecule has 1 saturated carbocycles. The maximum atomic E-state index is 9.52. The van der Waals surface area contributed by atoms with Crippen molar-refractivity contribution in [1.29, 1.82) is 0 Å². The Labute approximate surface area is 90.1 Å². The van der Waals surface area contributed by atoms with Crippen molar-refractivity contribution in [3.63, 3.8) is 0 Å². The van der Waals surface area contributed by atoms with Crippen molar-refractivity contribution in [3.05, 3.63) is 18.2 Å². The highest BCUT2D eigenvalue weighted by molar-refractivity contribution is 4.86. The molecular weight excluding hydrogens is 190 g/mol. The van der Waals surface area contributed by atoms with Gasteiger partial charge < -0.3 is 15.4 Å². The number of H-pyrrole nitrogens is 1. The van der Waals surface area contributed by atoms with Crippen molar-refractivity contribution in [2.75, 3.05) is 6.54 Å². The van der Waals surface area contributed by atoms with Crippen molar-refractivity contribution in [2.45, 2.75) is 38.3 Å². The van der Waals surface area contributed by atoms with E-state index in [1.807, 2.05) is 6.20 Å². The zero-order chi connectivity index (χ0) is 10.5. The predicted octanol–water partition coefficient (Wildman–Crippen LogP) is 1.05. The number of imidazole rings is 1. The molecule has 2 atom stereocenters. The monoisotopic (exact) mass is 209 g/mol. The molecule has 1 heterocycles. The number of aliphatic hydroxyl groups is 1. The molecule has 1 aromatic rings. The molecule has 0 saturated heterocycles. The topological polar surface area (TPSA) is 60.9 Å². The number of aliphatic hydroxyl groups excluding tert-OH is 1. The number of aromatic amines is 1. The zero-order valence-corrected chi connectivity index (χ0v) is 8.95. The number of nitrogens with zero attached hydrogens (tertiary/aromatic N) is 1. The first-order chi connectivity index (χ1) is 7.34. The molecular formula is C11H19N3O. The first-order valence-electron chi connectivity index (χ1n) is 5.71. The molecule has 4 nitrogen and oxygen atoms in total. The summed E-state index contributed by atoms with van der Waals surface area (Å²) in [5.41, 5.74) is 0. The van der Waals surface area contributed by atoms with Crippen molar-refractivity contribution >= 4 is 0 Å². The van der Waals surface area contributed by atoms with Gasteiger partial charge in [0.25, 0.3) is 0 Å². The Morgan fingerprint density at radius 3 is 3.20 bits per heavy atom. The summed E-state index contributed by atoms with van der Waals surface area (Å²) in [7, 11) is 0. The maximum Gasteiger partial charge on any atom is 0.120 e. The molecule has 2 unspecified atom stereocenters. The van der Waals surface area contributed by atoms with E-state index in [2.05, 4.69) is 15.3 Å². The van der Waals surface area contributed by atoms with Gasteiger partial charge in [0, 0.05) is 12.4 Å². The second-order valence-electron chi connectivity index (χ2n) is 4.35. The molecule has 0 bridgehead atoms. The molecule has 0 aromatic carbocycles. The van der Waals surface area contributed by atoms with Gasteiger partial charge in [0.1, 0.15) is 5.82 Å². The van der Waals surface area contributed by atoms with Gasteiger partial charge >= 0.3 is 0 Å². The lowest BCUT2D eigenvalue weighted by Crippen LogP contribution is -2.29. The minimum absolute atomic E-state index is 0.0748. The number of nitrogens with one attached hydrogen (secondary N) is 2. The zero-order valence-electron chi connectivity index (χ0n) is 8.95. The van der Waals surface area contributed by atoms with E-state index < -0.39 is 0 Å². The third-order valence-corrected chi connectivity index (χ3v) is 3.04. The molecule has 3 N–H and O–H groups in total. The van der Waals surface area contributed by atoms with Gasteiger partial charge in [0.05, 0.1) is 12.6 Å². The fourth-order valence-electron chi connectivity index (χ4n) is 2.24. The Hall–Kier alpha value is -0.870. The van der Waals surface area contributed by atoms with Crippen molar-refractivity contribution in [2.24, 2.45) is 5.92 Å². The van der Waals surface area contributed by atoms with E-state index in [4.69, 9.17) is 0 Å². The van der Waals surface area contributed by atoms with Gasteiger partial charge in [-0.2, -0.15) is 0 Å². The molecule has 2 rings (SSSR count). The minimum atomic E-state index is -0.0748. The SMILES string of the molecule is OC1CCCC(CNCc2ncc[nH]2)C1. The van der Waals surface area contributed by atoms with E-state index in [1.54, 1.807) is 6.20 Å². The van der Waals surface area contributed by atoms with Crippen molar-refractivity contribution in [1.82, 2.24) is 15.3 Å². The molecule has 1 aromatic heterocycles. The molecule has 0 aliphatic heterocycles. The fourth-order valence-corrected chi connectivity index (χ4v) is 2.24. The third kappa shape index (κ3) is 3.32. The Morgan fingerprint density at radius 1 is 1.53 bits per heavy atom. The van der Waals surface area contributed by atoms with E-state index in [-0.39, 0.29) is 6.10 Å². The van der Waals surface area contributed by atoms with E-state index >= 15 is 0 Å². The summed E-state index contributed by atoms with van der Waals surface area (Å²) in [5.74, 6) is 1.61. The van der Waals surface area contributed by atoms with Gasteiger partial charge in [-0.05, 0) is 31.7 Å². The average molecular weight is 209 g/mol. The minimum Gasteiger partial charge on any atom is -0.393 e. The fraction of sp³-hybridized carbons (Fsp3) is 0.727. The van der Waals surface area contributed by atoms with Gasteiger partial charge in [0.15, 0.2) is 0 Å². The summed E-state index contributed by atoms with van der Waals surface area (Å²) >= 11 is 0. The predicted molar refractivity (Wildman–Crippen MR) is 58.3 cm³/mol. The molecule has 1 aliphatic carbocycles. The molecule has 0 amide bonds. The van der Waals surface area contributed by atoms with Crippen LogP contribution in [0.5, 0.6) is 0 Å². The Morgan fingerprint density at radius 2 is 2.47 bits per heavy atom. The molecule has 0 radical (unpaired) electrons. The Balaban J connectivity index is 1.65. The van der Waals surface area contributed by atoms with Crippen LogP contribution < -0.4 is 5.32 Å².